The molecule has 1 atom stereocenters. The molecular formula is C18H27N3O3. The Morgan fingerprint density at radius 3 is 2.54 bits per heavy atom. The summed E-state index contributed by atoms with van der Waals surface area (Å²) in [4.78, 5) is 24.5. The molecule has 1 aromatic carbocycles. The third kappa shape index (κ3) is 4.26. The minimum absolute atomic E-state index is 0.0551. The van der Waals surface area contributed by atoms with E-state index in [9.17, 15) is 14.7 Å². The highest BCUT2D eigenvalue weighted by molar-refractivity contribution is 5.80. The van der Waals surface area contributed by atoms with Gasteiger partial charge in [0.25, 0.3) is 0 Å². The molecule has 132 valence electrons. The van der Waals surface area contributed by atoms with Gasteiger partial charge in [-0.2, -0.15) is 0 Å². The van der Waals surface area contributed by atoms with Crippen LogP contribution in [0, 0.1) is 5.92 Å². The van der Waals surface area contributed by atoms with Crippen molar-refractivity contribution >= 4 is 16.9 Å². The number of nitrogens with one attached hydrogen (secondary N) is 1. The molecule has 0 aliphatic carbocycles. The van der Waals surface area contributed by atoms with Crippen LogP contribution in [-0.2, 0) is 18.4 Å². The highest BCUT2D eigenvalue weighted by Crippen LogP contribution is 2.15. The first-order valence-electron chi connectivity index (χ1n) is 8.34. The summed E-state index contributed by atoms with van der Waals surface area (Å²) in [5.74, 6) is 0.222. The molecule has 0 radical (unpaired) electrons. The van der Waals surface area contributed by atoms with Crippen LogP contribution < -0.4 is 11.0 Å². The Kier molecular flexibility index (Phi) is 5.49. The van der Waals surface area contributed by atoms with Crippen molar-refractivity contribution < 1.29 is 9.90 Å². The van der Waals surface area contributed by atoms with Gasteiger partial charge in [-0.3, -0.25) is 13.9 Å². The quantitative estimate of drug-likeness (QED) is 0.809. The van der Waals surface area contributed by atoms with Gasteiger partial charge in [-0.25, -0.2) is 4.79 Å². The molecule has 1 amide bonds. The number of carbonyl (C=O) groups excluding carboxylic acids is 1. The van der Waals surface area contributed by atoms with Crippen LogP contribution in [0.1, 0.15) is 33.6 Å². The van der Waals surface area contributed by atoms with E-state index in [1.54, 1.807) is 14.0 Å². The molecule has 2 aromatic rings. The number of hydrogen-bond donors (Lipinski definition) is 2. The Labute approximate surface area is 142 Å². The first-order valence-corrected chi connectivity index (χ1v) is 8.34. The minimum atomic E-state index is -0.941. The molecule has 0 aliphatic heterocycles. The summed E-state index contributed by atoms with van der Waals surface area (Å²) in [6.07, 6.45) is 1.52. The van der Waals surface area contributed by atoms with E-state index < -0.39 is 5.60 Å². The van der Waals surface area contributed by atoms with Gasteiger partial charge < -0.3 is 10.4 Å². The summed E-state index contributed by atoms with van der Waals surface area (Å²) < 4.78 is 2.98. The number of carbonyl (C=O) groups is 1. The molecule has 1 unspecified atom stereocenters. The molecule has 6 nitrogen and oxygen atoms in total. The van der Waals surface area contributed by atoms with Crippen LogP contribution in [0.3, 0.4) is 0 Å². The molecule has 0 saturated carbocycles. The Balaban J connectivity index is 2.03. The number of amides is 1. The van der Waals surface area contributed by atoms with Crippen molar-refractivity contribution in [1.29, 1.82) is 0 Å². The van der Waals surface area contributed by atoms with E-state index in [-0.39, 0.29) is 24.7 Å². The van der Waals surface area contributed by atoms with E-state index in [2.05, 4.69) is 19.2 Å². The SMILES string of the molecule is CC(C)CCC(C)(O)CNC(=O)Cn1c(=O)n(C)c2ccccc21. The number of imidazole rings is 1. The normalized spacial score (nSPS) is 14.1. The summed E-state index contributed by atoms with van der Waals surface area (Å²) in [5.41, 5.74) is 0.354. The van der Waals surface area contributed by atoms with Gasteiger partial charge in [-0.1, -0.05) is 26.0 Å². The summed E-state index contributed by atoms with van der Waals surface area (Å²) in [6, 6.07) is 7.37. The lowest BCUT2D eigenvalue weighted by Crippen LogP contribution is -2.42. The molecule has 1 aromatic heterocycles. The van der Waals surface area contributed by atoms with Crippen LogP contribution in [0.5, 0.6) is 0 Å². The van der Waals surface area contributed by atoms with Gasteiger partial charge in [0.1, 0.15) is 6.54 Å². The van der Waals surface area contributed by atoms with E-state index in [4.69, 9.17) is 0 Å². The first kappa shape index (κ1) is 18.3. The zero-order valence-corrected chi connectivity index (χ0v) is 14.9. The zero-order valence-electron chi connectivity index (χ0n) is 14.9. The van der Waals surface area contributed by atoms with Crippen LogP contribution in [0.25, 0.3) is 11.0 Å². The van der Waals surface area contributed by atoms with Gasteiger partial charge in [0.2, 0.25) is 5.91 Å². The lowest BCUT2D eigenvalue weighted by atomic mass is 9.95. The average Bonchev–Trinajstić information content (AvgIpc) is 2.77. The fourth-order valence-corrected chi connectivity index (χ4v) is 2.69. The molecule has 24 heavy (non-hydrogen) atoms. The predicted molar refractivity (Wildman–Crippen MR) is 94.9 cm³/mol. The largest absolute Gasteiger partial charge is 0.388 e. The maximum Gasteiger partial charge on any atom is 0.329 e. The van der Waals surface area contributed by atoms with Crippen molar-refractivity contribution in [2.24, 2.45) is 13.0 Å². The molecule has 0 aliphatic rings. The molecule has 2 rings (SSSR count). The maximum absolute atomic E-state index is 12.3. The van der Waals surface area contributed by atoms with Crippen molar-refractivity contribution in [2.75, 3.05) is 6.54 Å². The number of para-hydroxylation sites is 2. The van der Waals surface area contributed by atoms with Crippen molar-refractivity contribution in [1.82, 2.24) is 14.5 Å². The monoisotopic (exact) mass is 333 g/mol. The van der Waals surface area contributed by atoms with Gasteiger partial charge in [0.05, 0.1) is 16.6 Å². The third-order valence-electron chi connectivity index (χ3n) is 4.28. The van der Waals surface area contributed by atoms with E-state index in [1.165, 1.54) is 9.13 Å². The number of aromatic nitrogens is 2. The highest BCUT2D eigenvalue weighted by atomic mass is 16.3. The van der Waals surface area contributed by atoms with Crippen LogP contribution in [0.2, 0.25) is 0 Å². The van der Waals surface area contributed by atoms with Crippen molar-refractivity contribution in [2.45, 2.75) is 45.8 Å². The second kappa shape index (κ2) is 7.21. The average molecular weight is 333 g/mol. The standard InChI is InChI=1S/C18H27N3O3/c1-13(2)9-10-18(3,24)12-19-16(22)11-21-15-8-6-5-7-14(15)20(4)17(21)23/h5-8,13,24H,9-12H2,1-4H3,(H,19,22). The molecule has 2 N–H and O–H groups in total. The van der Waals surface area contributed by atoms with E-state index in [0.29, 0.717) is 12.3 Å². The third-order valence-corrected chi connectivity index (χ3v) is 4.28. The van der Waals surface area contributed by atoms with Crippen molar-refractivity contribution in [3.05, 3.63) is 34.7 Å². The Morgan fingerprint density at radius 2 is 1.92 bits per heavy atom. The molecule has 6 heteroatoms. The topological polar surface area (TPSA) is 76.3 Å². The first-order chi connectivity index (χ1) is 11.2. The van der Waals surface area contributed by atoms with Crippen LogP contribution >= 0.6 is 0 Å². The smallest absolute Gasteiger partial charge is 0.329 e. The van der Waals surface area contributed by atoms with E-state index in [0.717, 1.165) is 17.5 Å². The number of aryl methyl sites for hydroxylation is 1. The predicted octanol–water partition coefficient (Wildman–Crippen LogP) is 1.64. The number of nitrogens with zero attached hydrogens (tertiary/aromatic N) is 2. The molecule has 0 bridgehead atoms. The number of aliphatic hydroxyl groups is 1. The van der Waals surface area contributed by atoms with Gasteiger partial charge in [-0.15, -0.1) is 0 Å². The maximum atomic E-state index is 12.3. The summed E-state index contributed by atoms with van der Waals surface area (Å²) in [6.45, 7) is 6.04. The lowest BCUT2D eigenvalue weighted by Gasteiger charge is -2.24. The van der Waals surface area contributed by atoms with Crippen LogP contribution in [-0.4, -0.2) is 32.3 Å². The highest BCUT2D eigenvalue weighted by Gasteiger charge is 2.22. The minimum Gasteiger partial charge on any atom is -0.388 e. The Hall–Kier alpha value is -2.08. The van der Waals surface area contributed by atoms with Gasteiger partial charge in [-0.05, 0) is 37.8 Å². The van der Waals surface area contributed by atoms with Crippen molar-refractivity contribution in [3.63, 3.8) is 0 Å². The van der Waals surface area contributed by atoms with Crippen molar-refractivity contribution in [3.8, 4) is 0 Å². The lowest BCUT2D eigenvalue weighted by molar-refractivity contribution is -0.122. The van der Waals surface area contributed by atoms with Crippen LogP contribution in [0.15, 0.2) is 29.1 Å². The van der Waals surface area contributed by atoms with E-state index in [1.807, 2.05) is 24.3 Å². The fraction of sp³-hybridized carbons (Fsp3) is 0.556. The zero-order chi connectivity index (χ0) is 17.9. The molecule has 0 saturated heterocycles. The Morgan fingerprint density at radius 1 is 1.29 bits per heavy atom. The van der Waals surface area contributed by atoms with Gasteiger partial charge >= 0.3 is 5.69 Å². The molecule has 1 heterocycles. The number of hydrogen-bond acceptors (Lipinski definition) is 3. The molecular weight excluding hydrogens is 306 g/mol. The second-order valence-electron chi connectivity index (χ2n) is 7.12. The fourth-order valence-electron chi connectivity index (χ4n) is 2.69. The van der Waals surface area contributed by atoms with Gasteiger partial charge in [0.15, 0.2) is 0 Å². The van der Waals surface area contributed by atoms with E-state index >= 15 is 0 Å². The summed E-state index contributed by atoms with van der Waals surface area (Å²) >= 11 is 0. The number of benzene rings is 1. The van der Waals surface area contributed by atoms with Crippen LogP contribution in [0.4, 0.5) is 0 Å². The number of fused-ring (bicyclic) bond motifs is 1. The Bertz CT molecular complexity index is 771. The molecule has 0 spiro atoms. The second-order valence-corrected chi connectivity index (χ2v) is 7.12. The number of rotatable bonds is 7. The molecule has 0 fully saturated rings. The summed E-state index contributed by atoms with van der Waals surface area (Å²) in [5, 5.41) is 13.1. The summed E-state index contributed by atoms with van der Waals surface area (Å²) in [7, 11) is 1.69. The van der Waals surface area contributed by atoms with Gasteiger partial charge in [0, 0.05) is 13.6 Å².